The van der Waals surface area contributed by atoms with Gasteiger partial charge in [-0.25, -0.2) is 0 Å². The van der Waals surface area contributed by atoms with Gasteiger partial charge in [0, 0.05) is 31.7 Å². The van der Waals surface area contributed by atoms with Crippen molar-refractivity contribution in [2.75, 3.05) is 5.73 Å². The lowest BCUT2D eigenvalue weighted by Gasteiger charge is -2.06. The number of aromatic nitrogens is 1. The Hall–Kier alpha value is -2.36. The highest BCUT2D eigenvalue weighted by molar-refractivity contribution is 9.10. The van der Waals surface area contributed by atoms with E-state index in [1.165, 1.54) is 11.3 Å². The van der Waals surface area contributed by atoms with Crippen LogP contribution in [-0.4, -0.2) is 4.98 Å². The number of nitriles is 1. The van der Waals surface area contributed by atoms with Crippen molar-refractivity contribution in [3.05, 3.63) is 62.2 Å². The predicted molar refractivity (Wildman–Crippen MR) is 92.6 cm³/mol. The lowest BCUT2D eigenvalue weighted by Crippen LogP contribution is -2.12. The molecule has 0 aliphatic carbocycles. The number of pyridine rings is 1. The molecule has 0 radical (unpaired) electrons. The van der Waals surface area contributed by atoms with Crippen molar-refractivity contribution in [1.29, 1.82) is 5.26 Å². The molecule has 6 heteroatoms. The maximum atomic E-state index is 12.2. The number of benzene rings is 1. The first-order valence-corrected chi connectivity index (χ1v) is 8.03. The van der Waals surface area contributed by atoms with Gasteiger partial charge in [-0.05, 0) is 45.8 Å². The highest BCUT2D eigenvalue weighted by Crippen LogP contribution is 2.32. The monoisotopic (exact) mass is 371 g/mol. The van der Waals surface area contributed by atoms with Crippen LogP contribution in [0.3, 0.4) is 0 Å². The lowest BCUT2D eigenvalue weighted by atomic mass is 10.0. The molecule has 0 bridgehead atoms. The van der Waals surface area contributed by atoms with Gasteiger partial charge in [0.15, 0.2) is 0 Å². The van der Waals surface area contributed by atoms with E-state index < -0.39 is 5.56 Å². The number of halogens is 1. The summed E-state index contributed by atoms with van der Waals surface area (Å²) >= 11 is 4.87. The van der Waals surface area contributed by atoms with Crippen LogP contribution >= 0.6 is 27.3 Å². The molecule has 3 rings (SSSR count). The fraction of sp³-hybridized carbons (Fsp3) is 0. The summed E-state index contributed by atoms with van der Waals surface area (Å²) in [6.07, 6.45) is 0. The Kier molecular flexibility index (Phi) is 3.84. The molecule has 1 aromatic carbocycles. The van der Waals surface area contributed by atoms with E-state index in [2.05, 4.69) is 20.9 Å². The number of nitrogens with two attached hydrogens (primary N) is 1. The van der Waals surface area contributed by atoms with Gasteiger partial charge in [-0.15, -0.1) is 11.3 Å². The molecule has 3 aromatic rings. The number of nitrogens with one attached hydrogen (secondary N) is 1. The summed E-state index contributed by atoms with van der Waals surface area (Å²) in [5, 5.41) is 11.2. The summed E-state index contributed by atoms with van der Waals surface area (Å²) in [5.74, 6) is 0. The molecule has 0 saturated carbocycles. The Balaban J connectivity index is 2.23. The van der Waals surface area contributed by atoms with Crippen LogP contribution < -0.4 is 11.3 Å². The van der Waals surface area contributed by atoms with Gasteiger partial charge in [-0.1, -0.05) is 12.1 Å². The highest BCUT2D eigenvalue weighted by atomic mass is 79.9. The Bertz CT molecular complexity index is 935. The van der Waals surface area contributed by atoms with E-state index in [4.69, 9.17) is 5.73 Å². The van der Waals surface area contributed by atoms with Crippen LogP contribution in [0.1, 0.15) is 5.56 Å². The Morgan fingerprint density at radius 1 is 1.23 bits per heavy atom. The van der Waals surface area contributed by atoms with Crippen LogP contribution in [0, 0.1) is 11.3 Å². The Labute approximate surface area is 139 Å². The van der Waals surface area contributed by atoms with Gasteiger partial charge in [-0.3, -0.25) is 4.79 Å². The zero-order valence-electron chi connectivity index (χ0n) is 11.3. The maximum Gasteiger partial charge on any atom is 0.267 e. The molecule has 0 spiro atoms. The van der Waals surface area contributed by atoms with Crippen molar-refractivity contribution in [2.24, 2.45) is 0 Å². The van der Waals surface area contributed by atoms with Crippen molar-refractivity contribution in [3.63, 3.8) is 0 Å². The van der Waals surface area contributed by atoms with Gasteiger partial charge in [0.2, 0.25) is 0 Å². The second-order valence-corrected chi connectivity index (χ2v) is 6.49. The van der Waals surface area contributed by atoms with Gasteiger partial charge in [0.25, 0.3) is 5.56 Å². The van der Waals surface area contributed by atoms with Crippen molar-refractivity contribution >= 4 is 33.0 Å². The number of nitrogen functional groups attached to an aromatic ring is 1. The highest BCUT2D eigenvalue weighted by Gasteiger charge is 2.13. The van der Waals surface area contributed by atoms with E-state index in [-0.39, 0.29) is 5.56 Å². The number of H-pyrrole nitrogens is 1. The molecular formula is C16H10BrN3OS. The van der Waals surface area contributed by atoms with Crippen LogP contribution in [0.2, 0.25) is 0 Å². The van der Waals surface area contributed by atoms with E-state index in [0.717, 1.165) is 14.9 Å². The van der Waals surface area contributed by atoms with E-state index in [1.807, 2.05) is 35.7 Å². The van der Waals surface area contributed by atoms with E-state index in [9.17, 15) is 10.1 Å². The van der Waals surface area contributed by atoms with Crippen LogP contribution in [0.5, 0.6) is 0 Å². The molecule has 0 amide bonds. The average Bonchev–Trinajstić information content (AvgIpc) is 2.93. The van der Waals surface area contributed by atoms with Crippen molar-refractivity contribution < 1.29 is 0 Å². The summed E-state index contributed by atoms with van der Waals surface area (Å²) < 4.78 is 0.922. The Morgan fingerprint density at radius 3 is 2.55 bits per heavy atom. The summed E-state index contributed by atoms with van der Waals surface area (Å²) in [6.45, 7) is 0. The molecule has 108 valence electrons. The molecule has 4 nitrogen and oxygen atoms in total. The van der Waals surface area contributed by atoms with E-state index >= 15 is 0 Å². The number of aromatic amines is 1. The third-order valence-electron chi connectivity index (χ3n) is 3.20. The van der Waals surface area contributed by atoms with Crippen LogP contribution in [-0.2, 0) is 0 Å². The Morgan fingerprint density at radius 2 is 1.95 bits per heavy atom. The summed E-state index contributed by atoms with van der Waals surface area (Å²) in [6, 6.07) is 12.9. The first kappa shape index (κ1) is 14.6. The molecule has 0 aliphatic heterocycles. The first-order chi connectivity index (χ1) is 10.6. The second-order valence-electron chi connectivity index (χ2n) is 4.66. The van der Waals surface area contributed by atoms with Crippen molar-refractivity contribution in [3.8, 4) is 27.8 Å². The topological polar surface area (TPSA) is 82.7 Å². The third-order valence-corrected chi connectivity index (χ3v) is 4.92. The summed E-state index contributed by atoms with van der Waals surface area (Å²) in [7, 11) is 0. The lowest BCUT2D eigenvalue weighted by molar-refractivity contribution is 1.22. The van der Waals surface area contributed by atoms with Crippen molar-refractivity contribution in [1.82, 2.24) is 4.98 Å². The van der Waals surface area contributed by atoms with Gasteiger partial charge in [0.1, 0.15) is 11.6 Å². The quantitative estimate of drug-likeness (QED) is 0.668. The minimum atomic E-state index is -0.392. The zero-order valence-corrected chi connectivity index (χ0v) is 13.7. The van der Waals surface area contributed by atoms with Crippen LogP contribution in [0.15, 0.2) is 51.0 Å². The summed E-state index contributed by atoms with van der Waals surface area (Å²) in [5.41, 5.74) is 8.20. The number of rotatable bonds is 2. The normalized spacial score (nSPS) is 10.4. The minimum Gasteiger partial charge on any atom is -0.399 e. The first-order valence-electron chi connectivity index (χ1n) is 6.36. The number of thiophene rings is 1. The standard InChI is InChI=1S/C16H10BrN3OS/c17-10-5-15(22-8-10)12-6-14(20-16(21)13(12)7-18)9-1-3-11(19)4-2-9/h1-6,8H,19H2,(H,20,21). The largest absolute Gasteiger partial charge is 0.399 e. The molecule has 2 heterocycles. The zero-order chi connectivity index (χ0) is 15.7. The number of nitrogens with zero attached hydrogens (tertiary/aromatic N) is 1. The average molecular weight is 372 g/mol. The van der Waals surface area contributed by atoms with Gasteiger partial charge < -0.3 is 10.7 Å². The number of hydrogen-bond acceptors (Lipinski definition) is 4. The molecule has 0 atom stereocenters. The molecule has 2 aromatic heterocycles. The SMILES string of the molecule is N#Cc1c(-c2cc(Br)cs2)cc(-c2ccc(N)cc2)[nH]c1=O. The molecular weight excluding hydrogens is 362 g/mol. The molecule has 3 N–H and O–H groups in total. The minimum absolute atomic E-state index is 0.119. The van der Waals surface area contributed by atoms with E-state index in [1.54, 1.807) is 12.1 Å². The van der Waals surface area contributed by atoms with Gasteiger partial charge >= 0.3 is 0 Å². The molecule has 22 heavy (non-hydrogen) atoms. The smallest absolute Gasteiger partial charge is 0.267 e. The molecule has 0 fully saturated rings. The number of anilines is 1. The molecule has 0 aliphatic rings. The molecule has 0 unspecified atom stereocenters. The van der Waals surface area contributed by atoms with E-state index in [0.29, 0.717) is 16.9 Å². The number of hydrogen-bond donors (Lipinski definition) is 2. The van der Waals surface area contributed by atoms with Crippen LogP contribution in [0.25, 0.3) is 21.7 Å². The summed E-state index contributed by atoms with van der Waals surface area (Å²) in [4.78, 5) is 15.8. The van der Waals surface area contributed by atoms with Crippen molar-refractivity contribution in [2.45, 2.75) is 0 Å². The fourth-order valence-electron chi connectivity index (χ4n) is 2.14. The third kappa shape index (κ3) is 2.69. The predicted octanol–water partition coefficient (Wildman–Crippen LogP) is 3.99. The van der Waals surface area contributed by atoms with Crippen LogP contribution in [0.4, 0.5) is 5.69 Å². The second kappa shape index (κ2) is 5.79. The van der Waals surface area contributed by atoms with Gasteiger partial charge in [0.05, 0.1) is 0 Å². The fourth-order valence-corrected chi connectivity index (χ4v) is 3.59. The van der Waals surface area contributed by atoms with Gasteiger partial charge in [-0.2, -0.15) is 5.26 Å². The maximum absolute atomic E-state index is 12.2. The molecule has 0 saturated heterocycles.